The van der Waals surface area contributed by atoms with Crippen LogP contribution in [0.15, 0.2) is 18.2 Å². The van der Waals surface area contributed by atoms with E-state index in [0.717, 1.165) is 24.0 Å². The minimum Gasteiger partial charge on any atom is -0.374 e. The number of nitrogens with two attached hydrogens (primary N) is 1. The van der Waals surface area contributed by atoms with E-state index in [2.05, 4.69) is 0 Å². The third-order valence-corrected chi connectivity index (χ3v) is 3.04. The molecule has 1 aromatic carbocycles. The second kappa shape index (κ2) is 5.41. The number of hydrogen-bond acceptors (Lipinski definition) is 2. The maximum Gasteiger partial charge on any atom is 0.123 e. The van der Waals surface area contributed by atoms with Gasteiger partial charge in [-0.15, -0.1) is 0 Å². The van der Waals surface area contributed by atoms with E-state index in [4.69, 9.17) is 10.5 Å². The molecule has 0 heterocycles. The summed E-state index contributed by atoms with van der Waals surface area (Å²) >= 11 is 0. The lowest BCUT2D eigenvalue weighted by molar-refractivity contribution is 0.0455. The quantitative estimate of drug-likeness (QED) is 0.851. The van der Waals surface area contributed by atoms with Crippen molar-refractivity contribution in [3.05, 3.63) is 35.1 Å². The Morgan fingerprint density at radius 1 is 1.19 bits per heavy atom. The van der Waals surface area contributed by atoms with E-state index < -0.39 is 0 Å². The fourth-order valence-corrected chi connectivity index (χ4v) is 2.19. The maximum atomic E-state index is 13.2. The molecule has 88 valence electrons. The Kier molecular flexibility index (Phi) is 3.91. The summed E-state index contributed by atoms with van der Waals surface area (Å²) in [4.78, 5) is 0. The summed E-state index contributed by atoms with van der Waals surface area (Å²) in [6.45, 7) is 0.865. The van der Waals surface area contributed by atoms with Crippen molar-refractivity contribution in [2.75, 3.05) is 0 Å². The van der Waals surface area contributed by atoms with Crippen molar-refractivity contribution >= 4 is 0 Å². The zero-order chi connectivity index (χ0) is 11.4. The van der Waals surface area contributed by atoms with Crippen LogP contribution >= 0.6 is 0 Å². The summed E-state index contributed by atoms with van der Waals surface area (Å²) < 4.78 is 18.9. The standard InChI is InChI=1S/C13H18FNO/c14-12-6-10(8-15)5-11(7-12)9-16-13-3-1-2-4-13/h5-7,13H,1-4,8-9,15H2. The van der Waals surface area contributed by atoms with E-state index in [1.165, 1.54) is 25.0 Å². The molecule has 0 spiro atoms. The van der Waals surface area contributed by atoms with Gasteiger partial charge in [0, 0.05) is 6.54 Å². The summed E-state index contributed by atoms with van der Waals surface area (Å²) in [6, 6.07) is 4.91. The normalized spacial score (nSPS) is 16.9. The topological polar surface area (TPSA) is 35.2 Å². The van der Waals surface area contributed by atoms with Gasteiger partial charge in [0.2, 0.25) is 0 Å². The van der Waals surface area contributed by atoms with Crippen LogP contribution in [0.4, 0.5) is 4.39 Å². The van der Waals surface area contributed by atoms with Crippen LogP contribution in [-0.2, 0) is 17.9 Å². The first-order chi connectivity index (χ1) is 7.78. The Balaban J connectivity index is 1.94. The summed E-state index contributed by atoms with van der Waals surface area (Å²) in [7, 11) is 0. The smallest absolute Gasteiger partial charge is 0.123 e. The molecule has 1 aromatic rings. The van der Waals surface area contributed by atoms with E-state index in [-0.39, 0.29) is 5.82 Å². The van der Waals surface area contributed by atoms with E-state index in [1.54, 1.807) is 0 Å². The maximum absolute atomic E-state index is 13.2. The zero-order valence-corrected chi connectivity index (χ0v) is 9.42. The van der Waals surface area contributed by atoms with Crippen LogP contribution < -0.4 is 5.73 Å². The second-order valence-corrected chi connectivity index (χ2v) is 4.39. The van der Waals surface area contributed by atoms with Gasteiger partial charge in [0.1, 0.15) is 5.82 Å². The Hall–Kier alpha value is -0.930. The number of benzene rings is 1. The lowest BCUT2D eigenvalue weighted by Crippen LogP contribution is -2.08. The average molecular weight is 223 g/mol. The average Bonchev–Trinajstić information content (AvgIpc) is 2.78. The van der Waals surface area contributed by atoms with Crippen LogP contribution in [0.2, 0.25) is 0 Å². The Morgan fingerprint density at radius 3 is 2.56 bits per heavy atom. The summed E-state index contributed by atoms with van der Waals surface area (Å²) in [5, 5.41) is 0. The molecular formula is C13H18FNO. The van der Waals surface area contributed by atoms with Gasteiger partial charge in [-0.25, -0.2) is 4.39 Å². The highest BCUT2D eigenvalue weighted by atomic mass is 19.1. The summed E-state index contributed by atoms with van der Waals surface area (Å²) in [6.07, 6.45) is 5.14. The highest BCUT2D eigenvalue weighted by Gasteiger charge is 2.15. The highest BCUT2D eigenvalue weighted by molar-refractivity contribution is 5.24. The molecule has 0 atom stereocenters. The van der Waals surface area contributed by atoms with Crippen molar-refractivity contribution in [3.63, 3.8) is 0 Å². The van der Waals surface area contributed by atoms with Crippen LogP contribution in [0.1, 0.15) is 36.8 Å². The first-order valence-electron chi connectivity index (χ1n) is 5.88. The Bertz CT molecular complexity index is 348. The SMILES string of the molecule is NCc1cc(F)cc(COC2CCCC2)c1. The van der Waals surface area contributed by atoms with Crippen molar-refractivity contribution in [3.8, 4) is 0 Å². The first-order valence-corrected chi connectivity index (χ1v) is 5.88. The predicted molar refractivity (Wildman–Crippen MR) is 61.3 cm³/mol. The molecule has 1 fully saturated rings. The minimum atomic E-state index is -0.229. The van der Waals surface area contributed by atoms with Crippen LogP contribution in [0.3, 0.4) is 0 Å². The lowest BCUT2D eigenvalue weighted by Gasteiger charge is -2.11. The van der Waals surface area contributed by atoms with Gasteiger partial charge in [-0.2, -0.15) is 0 Å². The van der Waals surface area contributed by atoms with Crippen molar-refractivity contribution in [2.24, 2.45) is 5.73 Å². The number of hydrogen-bond donors (Lipinski definition) is 1. The fraction of sp³-hybridized carbons (Fsp3) is 0.538. The first kappa shape index (κ1) is 11.6. The van der Waals surface area contributed by atoms with Gasteiger partial charge in [-0.05, 0) is 36.1 Å². The molecule has 0 saturated heterocycles. The molecule has 0 amide bonds. The molecule has 0 aromatic heterocycles. The van der Waals surface area contributed by atoms with Crippen molar-refractivity contribution in [2.45, 2.75) is 44.9 Å². The van der Waals surface area contributed by atoms with Crippen molar-refractivity contribution < 1.29 is 9.13 Å². The van der Waals surface area contributed by atoms with Gasteiger partial charge in [0.05, 0.1) is 12.7 Å². The Labute approximate surface area is 95.6 Å². The van der Waals surface area contributed by atoms with Gasteiger partial charge in [0.15, 0.2) is 0 Å². The van der Waals surface area contributed by atoms with Crippen LogP contribution in [-0.4, -0.2) is 6.10 Å². The second-order valence-electron chi connectivity index (χ2n) is 4.39. The molecule has 2 nitrogen and oxygen atoms in total. The monoisotopic (exact) mass is 223 g/mol. The van der Waals surface area contributed by atoms with Crippen molar-refractivity contribution in [1.29, 1.82) is 0 Å². The molecule has 1 aliphatic rings. The van der Waals surface area contributed by atoms with Gasteiger partial charge < -0.3 is 10.5 Å². The van der Waals surface area contributed by atoms with E-state index in [1.807, 2.05) is 6.07 Å². The molecule has 0 bridgehead atoms. The molecule has 2 rings (SSSR count). The molecule has 0 unspecified atom stereocenters. The van der Waals surface area contributed by atoms with Gasteiger partial charge in [-0.1, -0.05) is 18.9 Å². The lowest BCUT2D eigenvalue weighted by atomic mass is 10.1. The van der Waals surface area contributed by atoms with Gasteiger partial charge in [0.25, 0.3) is 0 Å². The predicted octanol–water partition coefficient (Wildman–Crippen LogP) is 2.74. The van der Waals surface area contributed by atoms with Crippen molar-refractivity contribution in [1.82, 2.24) is 0 Å². The van der Waals surface area contributed by atoms with E-state index in [0.29, 0.717) is 19.3 Å². The molecule has 3 heteroatoms. The number of rotatable bonds is 4. The third kappa shape index (κ3) is 3.03. The molecule has 1 saturated carbocycles. The zero-order valence-electron chi connectivity index (χ0n) is 9.42. The largest absolute Gasteiger partial charge is 0.374 e. The molecule has 2 N–H and O–H groups in total. The minimum absolute atomic E-state index is 0.229. The van der Waals surface area contributed by atoms with E-state index >= 15 is 0 Å². The summed E-state index contributed by atoms with van der Waals surface area (Å²) in [5.74, 6) is -0.229. The third-order valence-electron chi connectivity index (χ3n) is 3.04. The molecule has 16 heavy (non-hydrogen) atoms. The van der Waals surface area contributed by atoms with Crippen LogP contribution in [0.25, 0.3) is 0 Å². The van der Waals surface area contributed by atoms with Gasteiger partial charge >= 0.3 is 0 Å². The van der Waals surface area contributed by atoms with Crippen LogP contribution in [0, 0.1) is 5.82 Å². The van der Waals surface area contributed by atoms with Gasteiger partial charge in [-0.3, -0.25) is 0 Å². The molecule has 1 aliphatic carbocycles. The van der Waals surface area contributed by atoms with Crippen LogP contribution in [0.5, 0.6) is 0 Å². The molecular weight excluding hydrogens is 205 g/mol. The fourth-order valence-electron chi connectivity index (χ4n) is 2.19. The number of halogens is 1. The highest BCUT2D eigenvalue weighted by Crippen LogP contribution is 2.22. The summed E-state index contributed by atoms with van der Waals surface area (Å²) in [5.41, 5.74) is 7.20. The number of ether oxygens (including phenoxy) is 1. The molecule has 0 radical (unpaired) electrons. The molecule has 0 aliphatic heterocycles. The Morgan fingerprint density at radius 2 is 1.88 bits per heavy atom. The van der Waals surface area contributed by atoms with E-state index in [9.17, 15) is 4.39 Å².